The third-order valence-corrected chi connectivity index (χ3v) is 5.92. The highest BCUT2D eigenvalue weighted by molar-refractivity contribution is 6.37. The van der Waals surface area contributed by atoms with Crippen LogP contribution in [-0.4, -0.2) is 85.5 Å². The molecule has 0 aliphatic carbocycles. The lowest BCUT2D eigenvalue weighted by Gasteiger charge is -2.24. The summed E-state index contributed by atoms with van der Waals surface area (Å²) in [7, 11) is 2.97. The zero-order valence-corrected chi connectivity index (χ0v) is 23.4. The number of ketones is 1. The maximum absolute atomic E-state index is 13.3. The maximum Gasteiger partial charge on any atom is 0.321 e. The third-order valence-electron chi connectivity index (χ3n) is 5.92. The first-order valence-electron chi connectivity index (χ1n) is 12.9. The van der Waals surface area contributed by atoms with Crippen LogP contribution in [0.25, 0.3) is 0 Å². The van der Waals surface area contributed by atoms with Crippen LogP contribution in [0.1, 0.15) is 25.5 Å². The molecule has 0 saturated carbocycles. The number of anilines is 1. The number of halogens is 1. The zero-order chi connectivity index (χ0) is 30.5. The largest absolute Gasteiger partial charge is 0.348 e. The van der Waals surface area contributed by atoms with Crippen LogP contribution < -0.4 is 21.3 Å². The molecule has 6 amide bonds. The average molecular weight is 571 g/mol. The van der Waals surface area contributed by atoms with Crippen molar-refractivity contribution in [1.29, 1.82) is 0 Å². The summed E-state index contributed by atoms with van der Waals surface area (Å²) >= 11 is 0. The molecule has 0 spiro atoms. The van der Waals surface area contributed by atoms with Crippen molar-refractivity contribution in [2.24, 2.45) is 5.92 Å². The number of carbonyl (C=O) groups excluding carboxylic acids is 6. The Kier molecular flexibility index (Phi) is 12.4. The van der Waals surface area contributed by atoms with E-state index in [1.165, 1.54) is 36.0 Å². The van der Waals surface area contributed by atoms with Gasteiger partial charge in [-0.25, -0.2) is 9.18 Å². The number of para-hydroxylation sites is 1. The molecule has 0 aromatic heterocycles. The van der Waals surface area contributed by atoms with Crippen molar-refractivity contribution < 1.29 is 33.2 Å². The molecule has 0 saturated heterocycles. The number of carbonyl (C=O) groups is 6. The summed E-state index contributed by atoms with van der Waals surface area (Å²) in [5, 5.41) is 9.71. The molecule has 0 bridgehead atoms. The fourth-order valence-electron chi connectivity index (χ4n) is 3.59. The first kappa shape index (κ1) is 32.4. The van der Waals surface area contributed by atoms with Crippen LogP contribution in [0, 0.1) is 11.7 Å². The van der Waals surface area contributed by atoms with Crippen molar-refractivity contribution in [3.63, 3.8) is 0 Å². The molecule has 2 rings (SSSR count). The van der Waals surface area contributed by atoms with Gasteiger partial charge in [-0.3, -0.25) is 24.0 Å². The predicted octanol–water partition coefficient (Wildman–Crippen LogP) is 1.06. The fourth-order valence-corrected chi connectivity index (χ4v) is 3.59. The van der Waals surface area contributed by atoms with E-state index in [1.54, 1.807) is 38.1 Å². The summed E-state index contributed by atoms with van der Waals surface area (Å²) in [6, 6.07) is 12.3. The second kappa shape index (κ2) is 15.7. The van der Waals surface area contributed by atoms with Gasteiger partial charge in [0.05, 0.1) is 19.0 Å². The van der Waals surface area contributed by atoms with Crippen LogP contribution in [0.5, 0.6) is 0 Å². The first-order chi connectivity index (χ1) is 19.4. The lowest BCUT2D eigenvalue weighted by molar-refractivity contribution is -0.139. The van der Waals surface area contributed by atoms with Gasteiger partial charge in [0.1, 0.15) is 11.9 Å². The summed E-state index contributed by atoms with van der Waals surface area (Å²) in [5.74, 6) is -5.09. The number of hydrogen-bond acceptors (Lipinski definition) is 6. The highest BCUT2D eigenvalue weighted by atomic mass is 19.1. The molecule has 0 heterocycles. The van der Waals surface area contributed by atoms with Crippen molar-refractivity contribution in [3.8, 4) is 0 Å². The zero-order valence-electron chi connectivity index (χ0n) is 23.4. The molecule has 1 unspecified atom stereocenters. The van der Waals surface area contributed by atoms with E-state index in [-0.39, 0.29) is 12.6 Å². The minimum absolute atomic E-state index is 0.0719. The molecule has 4 N–H and O–H groups in total. The molecule has 2 atom stereocenters. The number of rotatable bonds is 13. The Morgan fingerprint density at radius 1 is 0.878 bits per heavy atom. The van der Waals surface area contributed by atoms with Gasteiger partial charge in [-0.05, 0) is 36.8 Å². The van der Waals surface area contributed by atoms with Crippen molar-refractivity contribution in [2.45, 2.75) is 19.9 Å². The van der Waals surface area contributed by atoms with Gasteiger partial charge in [-0.15, -0.1) is 0 Å². The monoisotopic (exact) mass is 570 g/mol. The van der Waals surface area contributed by atoms with Crippen LogP contribution in [-0.2, 0) is 24.0 Å². The number of amides is 6. The van der Waals surface area contributed by atoms with E-state index in [0.29, 0.717) is 17.8 Å². The summed E-state index contributed by atoms with van der Waals surface area (Å²) in [4.78, 5) is 77.0. The molecule has 220 valence electrons. The molecule has 0 aliphatic rings. The Hall–Kier alpha value is -4.81. The molecule has 0 fully saturated rings. The Labute approximate surface area is 237 Å². The average Bonchev–Trinajstić information content (AvgIpc) is 2.96. The van der Waals surface area contributed by atoms with Crippen molar-refractivity contribution in [3.05, 3.63) is 66.0 Å². The molecule has 2 aromatic rings. The van der Waals surface area contributed by atoms with Crippen molar-refractivity contribution in [1.82, 2.24) is 25.8 Å². The van der Waals surface area contributed by atoms with Gasteiger partial charge in [0.2, 0.25) is 23.5 Å². The van der Waals surface area contributed by atoms with E-state index in [1.807, 2.05) is 6.07 Å². The second-order valence-corrected chi connectivity index (χ2v) is 9.34. The Balaban J connectivity index is 1.82. The normalized spacial score (nSPS) is 11.8. The van der Waals surface area contributed by atoms with Crippen LogP contribution in [0.15, 0.2) is 54.6 Å². The van der Waals surface area contributed by atoms with Crippen LogP contribution in [0.2, 0.25) is 0 Å². The van der Waals surface area contributed by atoms with Crippen LogP contribution >= 0.6 is 0 Å². The van der Waals surface area contributed by atoms with Gasteiger partial charge in [0.15, 0.2) is 0 Å². The SMILES string of the molecule is CCN(C[C@H](C)C(=O)NCC(=O)C(=O)NCC(=O)NC(C(=O)N(C)C)c1ccc(F)cc1)C(=O)Nc1ccccc1. The molecule has 41 heavy (non-hydrogen) atoms. The van der Waals surface area contributed by atoms with E-state index < -0.39 is 60.3 Å². The maximum atomic E-state index is 13.3. The molecule has 13 heteroatoms. The lowest BCUT2D eigenvalue weighted by Crippen LogP contribution is -2.47. The predicted molar refractivity (Wildman–Crippen MR) is 149 cm³/mol. The standard InChI is InChI=1S/C28H35FN6O6/c1-5-35(28(41)32-21-9-7-6-8-10-21)17-18(2)25(38)30-15-22(36)26(39)31-16-23(37)33-24(27(40)34(3)4)19-11-13-20(29)14-12-19/h6-14,18,24H,5,15-17H2,1-4H3,(H,30,38)(H,31,39)(H,32,41)(H,33,37)/t18-,24?/m0/s1. The van der Waals surface area contributed by atoms with Gasteiger partial charge in [0, 0.05) is 32.9 Å². The summed E-state index contributed by atoms with van der Waals surface area (Å²) in [5.41, 5.74) is 0.936. The number of urea groups is 1. The summed E-state index contributed by atoms with van der Waals surface area (Å²) < 4.78 is 13.3. The van der Waals surface area contributed by atoms with Crippen LogP contribution in [0.3, 0.4) is 0 Å². The van der Waals surface area contributed by atoms with Gasteiger partial charge >= 0.3 is 6.03 Å². The molecule has 2 aromatic carbocycles. The highest BCUT2D eigenvalue weighted by Gasteiger charge is 2.26. The number of Topliss-reactive ketones (excluding diaryl/α,β-unsaturated/α-hetero) is 1. The summed E-state index contributed by atoms with van der Waals surface area (Å²) in [6.07, 6.45) is 0. The number of nitrogens with one attached hydrogen (secondary N) is 4. The highest BCUT2D eigenvalue weighted by Crippen LogP contribution is 2.16. The van der Waals surface area contributed by atoms with Crippen molar-refractivity contribution >= 4 is 41.1 Å². The summed E-state index contributed by atoms with van der Waals surface area (Å²) in [6.45, 7) is 2.52. The smallest absolute Gasteiger partial charge is 0.321 e. The Morgan fingerprint density at radius 3 is 2.10 bits per heavy atom. The second-order valence-electron chi connectivity index (χ2n) is 9.34. The lowest BCUT2D eigenvalue weighted by atomic mass is 10.1. The first-order valence-corrected chi connectivity index (χ1v) is 12.9. The van der Waals surface area contributed by atoms with Gasteiger partial charge < -0.3 is 31.1 Å². The number of benzene rings is 2. The van der Waals surface area contributed by atoms with Gasteiger partial charge in [-0.1, -0.05) is 37.3 Å². The minimum Gasteiger partial charge on any atom is -0.348 e. The van der Waals surface area contributed by atoms with Gasteiger partial charge in [0.25, 0.3) is 5.91 Å². The molecule has 12 nitrogen and oxygen atoms in total. The van der Waals surface area contributed by atoms with Crippen molar-refractivity contribution in [2.75, 3.05) is 45.6 Å². The number of likely N-dealkylation sites (N-methyl/N-ethyl adjacent to an activating group) is 1. The number of hydrogen-bond donors (Lipinski definition) is 4. The molecular formula is C28H35FN6O6. The topological polar surface area (TPSA) is 157 Å². The van der Waals surface area contributed by atoms with E-state index in [4.69, 9.17) is 0 Å². The minimum atomic E-state index is -1.14. The fraction of sp³-hybridized carbons (Fsp3) is 0.357. The third kappa shape index (κ3) is 10.4. The Morgan fingerprint density at radius 2 is 1.51 bits per heavy atom. The molecule has 0 aliphatic heterocycles. The quantitative estimate of drug-likeness (QED) is 0.264. The van der Waals surface area contributed by atoms with E-state index in [2.05, 4.69) is 21.3 Å². The van der Waals surface area contributed by atoms with E-state index in [0.717, 1.165) is 12.1 Å². The van der Waals surface area contributed by atoms with E-state index in [9.17, 15) is 33.2 Å². The Bertz CT molecular complexity index is 1240. The van der Waals surface area contributed by atoms with E-state index >= 15 is 0 Å². The van der Waals surface area contributed by atoms with Crippen LogP contribution in [0.4, 0.5) is 14.9 Å². The molecular weight excluding hydrogens is 535 g/mol. The van der Waals surface area contributed by atoms with Gasteiger partial charge in [-0.2, -0.15) is 0 Å². The number of nitrogens with zero attached hydrogens (tertiary/aromatic N) is 2. The molecule has 0 radical (unpaired) electrons.